The van der Waals surface area contributed by atoms with Gasteiger partial charge in [0.2, 0.25) is 0 Å². The van der Waals surface area contributed by atoms with Crippen molar-refractivity contribution in [2.24, 2.45) is 0 Å². The summed E-state index contributed by atoms with van der Waals surface area (Å²) >= 11 is 5.63. The number of carbonyl (C=O) groups is 1. The van der Waals surface area contributed by atoms with E-state index in [0.717, 1.165) is 0 Å². The lowest BCUT2D eigenvalue weighted by Crippen LogP contribution is -2.36. The Kier molecular flexibility index (Phi) is 5.82. The van der Waals surface area contributed by atoms with Crippen molar-refractivity contribution in [3.8, 4) is 0 Å². The normalized spacial score (nSPS) is 12.2. The molecule has 0 aromatic carbocycles. The summed E-state index contributed by atoms with van der Waals surface area (Å²) < 4.78 is 10.0. The Labute approximate surface area is 104 Å². The van der Waals surface area contributed by atoms with E-state index in [9.17, 15) is 4.79 Å². The number of amides is 1. The number of hydrogen-bond donors (Lipinski definition) is 1. The van der Waals surface area contributed by atoms with Crippen LogP contribution in [0.15, 0.2) is 12.4 Å². The SMILES string of the molecule is COCC(CNC(=O)c1cncc(Cl)n1)OC. The van der Waals surface area contributed by atoms with Gasteiger partial charge in [0, 0.05) is 20.8 Å². The molecule has 1 rings (SSSR count). The van der Waals surface area contributed by atoms with Crippen molar-refractivity contribution in [1.82, 2.24) is 15.3 Å². The maximum Gasteiger partial charge on any atom is 0.271 e. The smallest absolute Gasteiger partial charge is 0.271 e. The summed E-state index contributed by atoms with van der Waals surface area (Å²) in [6.45, 7) is 0.732. The molecule has 0 aliphatic carbocycles. The van der Waals surface area contributed by atoms with E-state index in [0.29, 0.717) is 13.2 Å². The number of rotatable bonds is 6. The van der Waals surface area contributed by atoms with Crippen LogP contribution in [0.3, 0.4) is 0 Å². The standard InChI is InChI=1S/C10H14ClN3O3/c1-16-6-7(17-2)3-13-10(15)8-4-12-5-9(11)14-8/h4-5,7H,3,6H2,1-2H3,(H,13,15). The first-order chi connectivity index (χ1) is 8.17. The van der Waals surface area contributed by atoms with Gasteiger partial charge in [-0.2, -0.15) is 0 Å². The third kappa shape index (κ3) is 4.64. The van der Waals surface area contributed by atoms with Gasteiger partial charge in [0.25, 0.3) is 5.91 Å². The molecule has 6 nitrogen and oxygen atoms in total. The summed E-state index contributed by atoms with van der Waals surface area (Å²) in [5.41, 5.74) is 0.171. The number of hydrogen-bond acceptors (Lipinski definition) is 5. The average molecular weight is 260 g/mol. The minimum atomic E-state index is -0.349. The van der Waals surface area contributed by atoms with Gasteiger partial charge in [-0.25, -0.2) is 4.98 Å². The largest absolute Gasteiger partial charge is 0.382 e. The summed E-state index contributed by atoms with van der Waals surface area (Å²) in [7, 11) is 3.12. The van der Waals surface area contributed by atoms with Gasteiger partial charge in [-0.1, -0.05) is 11.6 Å². The van der Waals surface area contributed by atoms with Crippen molar-refractivity contribution in [2.75, 3.05) is 27.4 Å². The monoisotopic (exact) mass is 259 g/mol. The molecular formula is C10H14ClN3O3. The van der Waals surface area contributed by atoms with E-state index in [-0.39, 0.29) is 22.9 Å². The molecule has 0 radical (unpaired) electrons. The van der Waals surface area contributed by atoms with Gasteiger partial charge in [0.15, 0.2) is 0 Å². The molecule has 1 unspecified atom stereocenters. The molecule has 0 aliphatic rings. The highest BCUT2D eigenvalue weighted by Gasteiger charge is 2.12. The van der Waals surface area contributed by atoms with Crippen LogP contribution in [0.25, 0.3) is 0 Å². The highest BCUT2D eigenvalue weighted by atomic mass is 35.5. The van der Waals surface area contributed by atoms with Crippen LogP contribution in [0.2, 0.25) is 5.15 Å². The molecular weight excluding hydrogens is 246 g/mol. The van der Waals surface area contributed by atoms with Crippen molar-refractivity contribution in [3.05, 3.63) is 23.2 Å². The zero-order valence-corrected chi connectivity index (χ0v) is 10.4. The number of halogens is 1. The molecule has 17 heavy (non-hydrogen) atoms. The lowest BCUT2D eigenvalue weighted by atomic mass is 10.3. The molecule has 1 N–H and O–H groups in total. The highest BCUT2D eigenvalue weighted by molar-refractivity contribution is 6.29. The molecule has 1 amide bonds. The number of carbonyl (C=O) groups excluding carboxylic acids is 1. The zero-order chi connectivity index (χ0) is 12.7. The van der Waals surface area contributed by atoms with Crippen LogP contribution in [0.5, 0.6) is 0 Å². The lowest BCUT2D eigenvalue weighted by molar-refractivity contribution is 0.0285. The number of nitrogens with zero attached hydrogens (tertiary/aromatic N) is 2. The predicted octanol–water partition coefficient (Wildman–Crippen LogP) is 0.521. The molecule has 1 atom stereocenters. The van der Waals surface area contributed by atoms with E-state index in [1.54, 1.807) is 14.2 Å². The molecule has 0 bridgehead atoms. The fourth-order valence-corrected chi connectivity index (χ4v) is 1.29. The van der Waals surface area contributed by atoms with Crippen molar-refractivity contribution in [2.45, 2.75) is 6.10 Å². The lowest BCUT2D eigenvalue weighted by Gasteiger charge is -2.14. The molecule has 7 heteroatoms. The average Bonchev–Trinajstić information content (AvgIpc) is 2.34. The van der Waals surface area contributed by atoms with Crippen molar-refractivity contribution >= 4 is 17.5 Å². The summed E-state index contributed by atoms with van der Waals surface area (Å²) in [6, 6.07) is 0. The quantitative estimate of drug-likeness (QED) is 0.806. The Balaban J connectivity index is 2.49. The maximum atomic E-state index is 11.7. The second-order valence-corrected chi connectivity index (χ2v) is 3.64. The maximum absolute atomic E-state index is 11.7. The summed E-state index contributed by atoms with van der Waals surface area (Å²) in [4.78, 5) is 19.3. The van der Waals surface area contributed by atoms with Gasteiger partial charge in [-0.05, 0) is 0 Å². The van der Waals surface area contributed by atoms with E-state index in [1.807, 2.05) is 0 Å². The summed E-state index contributed by atoms with van der Waals surface area (Å²) in [5, 5.41) is 2.84. The topological polar surface area (TPSA) is 73.3 Å². The Morgan fingerprint density at radius 2 is 2.29 bits per heavy atom. The minimum Gasteiger partial charge on any atom is -0.382 e. The first-order valence-corrected chi connectivity index (χ1v) is 5.32. The second-order valence-electron chi connectivity index (χ2n) is 3.25. The summed E-state index contributed by atoms with van der Waals surface area (Å²) in [5.74, 6) is -0.349. The van der Waals surface area contributed by atoms with E-state index < -0.39 is 0 Å². The van der Waals surface area contributed by atoms with Gasteiger partial charge >= 0.3 is 0 Å². The van der Waals surface area contributed by atoms with Gasteiger partial charge in [-0.3, -0.25) is 9.78 Å². The zero-order valence-electron chi connectivity index (χ0n) is 9.64. The first-order valence-electron chi connectivity index (χ1n) is 4.94. The molecule has 1 aromatic heterocycles. The number of nitrogens with one attached hydrogen (secondary N) is 1. The molecule has 0 saturated heterocycles. The third-order valence-electron chi connectivity index (χ3n) is 2.01. The molecule has 0 spiro atoms. The Bertz CT molecular complexity index is 376. The molecule has 0 aliphatic heterocycles. The fourth-order valence-electron chi connectivity index (χ4n) is 1.14. The number of aromatic nitrogens is 2. The molecule has 0 saturated carbocycles. The Morgan fingerprint density at radius 3 is 2.88 bits per heavy atom. The van der Waals surface area contributed by atoms with Crippen molar-refractivity contribution in [3.63, 3.8) is 0 Å². The summed E-state index contributed by atoms with van der Waals surface area (Å²) in [6.07, 6.45) is 2.51. The molecule has 94 valence electrons. The van der Waals surface area contributed by atoms with E-state index >= 15 is 0 Å². The Morgan fingerprint density at radius 1 is 1.53 bits per heavy atom. The van der Waals surface area contributed by atoms with E-state index in [1.165, 1.54) is 12.4 Å². The van der Waals surface area contributed by atoms with E-state index in [2.05, 4.69) is 15.3 Å². The van der Waals surface area contributed by atoms with Crippen LogP contribution in [0.1, 0.15) is 10.5 Å². The van der Waals surface area contributed by atoms with Crippen LogP contribution in [-0.4, -0.2) is 49.4 Å². The number of methoxy groups -OCH3 is 2. The second kappa shape index (κ2) is 7.16. The third-order valence-corrected chi connectivity index (χ3v) is 2.20. The van der Waals surface area contributed by atoms with Gasteiger partial charge < -0.3 is 14.8 Å². The first kappa shape index (κ1) is 13.8. The van der Waals surface area contributed by atoms with E-state index in [4.69, 9.17) is 21.1 Å². The fraction of sp³-hybridized carbons (Fsp3) is 0.500. The van der Waals surface area contributed by atoms with Gasteiger partial charge in [-0.15, -0.1) is 0 Å². The highest BCUT2D eigenvalue weighted by Crippen LogP contribution is 2.02. The molecule has 0 fully saturated rings. The number of ether oxygens (including phenoxy) is 2. The van der Waals surface area contributed by atoms with Crippen LogP contribution in [-0.2, 0) is 9.47 Å². The predicted molar refractivity (Wildman–Crippen MR) is 62.0 cm³/mol. The molecule has 1 aromatic rings. The van der Waals surface area contributed by atoms with Crippen LogP contribution in [0, 0.1) is 0 Å². The Hall–Kier alpha value is -1.24. The van der Waals surface area contributed by atoms with Crippen molar-refractivity contribution in [1.29, 1.82) is 0 Å². The molecule has 1 heterocycles. The van der Waals surface area contributed by atoms with Gasteiger partial charge in [0.05, 0.1) is 25.1 Å². The van der Waals surface area contributed by atoms with Crippen LogP contribution < -0.4 is 5.32 Å². The minimum absolute atomic E-state index is 0.171. The van der Waals surface area contributed by atoms with Crippen LogP contribution >= 0.6 is 11.6 Å². The van der Waals surface area contributed by atoms with Crippen LogP contribution in [0.4, 0.5) is 0 Å². The van der Waals surface area contributed by atoms with Gasteiger partial charge in [0.1, 0.15) is 10.8 Å². The van der Waals surface area contributed by atoms with Crippen molar-refractivity contribution < 1.29 is 14.3 Å².